The van der Waals surface area contributed by atoms with Crippen molar-refractivity contribution in [3.05, 3.63) is 83.9 Å². The van der Waals surface area contributed by atoms with Crippen LogP contribution in [-0.4, -0.2) is 22.7 Å². The van der Waals surface area contributed by atoms with Gasteiger partial charge in [-0.25, -0.2) is 0 Å². The van der Waals surface area contributed by atoms with Crippen LogP contribution in [0.3, 0.4) is 0 Å². The van der Waals surface area contributed by atoms with E-state index in [0.717, 1.165) is 33.4 Å². The first-order valence-electron chi connectivity index (χ1n) is 9.59. The lowest BCUT2D eigenvalue weighted by atomic mass is 9.96. The molecule has 6 nitrogen and oxygen atoms in total. The van der Waals surface area contributed by atoms with Gasteiger partial charge in [0.15, 0.2) is 0 Å². The summed E-state index contributed by atoms with van der Waals surface area (Å²) in [7, 11) is 0. The summed E-state index contributed by atoms with van der Waals surface area (Å²) in [5.41, 5.74) is 11.1. The molecule has 0 atom stereocenters. The Kier molecular flexibility index (Phi) is 7.18. The monoisotopic (exact) mass is 435 g/mol. The van der Waals surface area contributed by atoms with Gasteiger partial charge >= 0.3 is 5.97 Å². The number of carbonyl (C=O) groups is 1. The van der Waals surface area contributed by atoms with Gasteiger partial charge in [-0.1, -0.05) is 54.6 Å². The fourth-order valence-corrected chi connectivity index (χ4v) is 3.26. The first-order chi connectivity index (χ1) is 14.7. The van der Waals surface area contributed by atoms with E-state index in [0.29, 0.717) is 11.8 Å². The van der Waals surface area contributed by atoms with E-state index in [9.17, 15) is 4.79 Å². The summed E-state index contributed by atoms with van der Waals surface area (Å²) in [5, 5.41) is 8.47. The van der Waals surface area contributed by atoms with Gasteiger partial charge < -0.3 is 14.9 Å². The van der Waals surface area contributed by atoms with E-state index < -0.39 is 5.97 Å². The number of benzene rings is 3. The van der Waals surface area contributed by atoms with Crippen molar-refractivity contribution < 1.29 is 13.9 Å². The maximum absolute atomic E-state index is 11.3. The Morgan fingerprint density at radius 2 is 1.58 bits per heavy atom. The van der Waals surface area contributed by atoms with Crippen molar-refractivity contribution in [1.82, 2.24) is 10.2 Å². The van der Waals surface area contributed by atoms with E-state index >= 15 is 0 Å². The van der Waals surface area contributed by atoms with Crippen LogP contribution in [0.5, 0.6) is 0 Å². The summed E-state index contributed by atoms with van der Waals surface area (Å²) in [4.78, 5) is 11.3. The maximum atomic E-state index is 11.3. The van der Waals surface area contributed by atoms with Crippen molar-refractivity contribution in [3.63, 3.8) is 0 Å². The fourth-order valence-electron chi connectivity index (χ4n) is 3.26. The molecule has 1 heterocycles. The number of rotatable bonds is 6. The molecule has 0 unspecified atom stereocenters. The standard InChI is InChI=1S/C24H21N3O3.ClH/c1-16-20(18-8-3-2-4-9-18)11-6-12-21(16)24-27-26-23(30-24)19-10-5-7-17(13-19)15-29-22(28)14-25;/h2-13H,14-15,25H2,1H3;1H. The zero-order valence-corrected chi connectivity index (χ0v) is 17.8. The number of hydrogen-bond donors (Lipinski definition) is 1. The maximum Gasteiger partial charge on any atom is 0.320 e. The molecule has 31 heavy (non-hydrogen) atoms. The smallest absolute Gasteiger partial charge is 0.320 e. The lowest BCUT2D eigenvalue weighted by molar-refractivity contribution is -0.143. The molecule has 2 N–H and O–H groups in total. The number of nitrogens with two attached hydrogens (primary N) is 1. The van der Waals surface area contributed by atoms with E-state index in [2.05, 4.69) is 28.4 Å². The summed E-state index contributed by atoms with van der Waals surface area (Å²) in [6.07, 6.45) is 0. The molecule has 0 aliphatic rings. The second-order valence-electron chi connectivity index (χ2n) is 6.82. The highest BCUT2D eigenvalue weighted by molar-refractivity contribution is 5.85. The van der Waals surface area contributed by atoms with Gasteiger partial charge in [0.2, 0.25) is 11.8 Å². The SMILES string of the molecule is Cc1c(-c2ccccc2)cccc1-c1nnc(-c2cccc(COC(=O)CN)c2)o1.Cl. The fraction of sp³-hybridized carbons (Fsp3) is 0.125. The summed E-state index contributed by atoms with van der Waals surface area (Å²) >= 11 is 0. The van der Waals surface area contributed by atoms with Crippen LogP contribution in [0.15, 0.2) is 77.2 Å². The number of nitrogens with zero attached hydrogens (tertiary/aromatic N) is 2. The molecule has 1 aromatic heterocycles. The first kappa shape index (κ1) is 22.2. The molecule has 0 fully saturated rings. The minimum absolute atomic E-state index is 0. The molecule has 7 heteroatoms. The molecule has 3 aromatic carbocycles. The van der Waals surface area contributed by atoms with Crippen LogP contribution in [0.25, 0.3) is 34.0 Å². The number of hydrogen-bond acceptors (Lipinski definition) is 6. The van der Waals surface area contributed by atoms with Crippen LogP contribution in [0.1, 0.15) is 11.1 Å². The van der Waals surface area contributed by atoms with Crippen molar-refractivity contribution in [1.29, 1.82) is 0 Å². The van der Waals surface area contributed by atoms with Gasteiger partial charge in [-0.3, -0.25) is 4.79 Å². The van der Waals surface area contributed by atoms with Gasteiger partial charge in [-0.2, -0.15) is 0 Å². The minimum atomic E-state index is -0.450. The lowest BCUT2D eigenvalue weighted by Crippen LogP contribution is -2.16. The first-order valence-corrected chi connectivity index (χ1v) is 9.59. The van der Waals surface area contributed by atoms with Crippen LogP contribution in [0, 0.1) is 6.92 Å². The van der Waals surface area contributed by atoms with E-state index in [1.165, 1.54) is 0 Å². The molecule has 0 bridgehead atoms. The van der Waals surface area contributed by atoms with Crippen LogP contribution in [0.4, 0.5) is 0 Å². The van der Waals surface area contributed by atoms with E-state index in [1.54, 1.807) is 0 Å². The molecule has 4 rings (SSSR count). The molecule has 4 aromatic rings. The largest absolute Gasteiger partial charge is 0.460 e. The highest BCUT2D eigenvalue weighted by Gasteiger charge is 2.15. The van der Waals surface area contributed by atoms with Crippen molar-refractivity contribution in [2.45, 2.75) is 13.5 Å². The predicted octanol–water partition coefficient (Wildman–Crippen LogP) is 4.80. The summed E-state index contributed by atoms with van der Waals surface area (Å²) < 4.78 is 11.1. The molecule has 0 radical (unpaired) electrons. The molecular formula is C24H22ClN3O3. The molecule has 158 valence electrons. The molecular weight excluding hydrogens is 414 g/mol. The van der Waals surface area contributed by atoms with E-state index in [-0.39, 0.29) is 25.6 Å². The average molecular weight is 436 g/mol. The van der Waals surface area contributed by atoms with Crippen molar-refractivity contribution in [2.75, 3.05) is 6.54 Å². The Morgan fingerprint density at radius 1 is 0.903 bits per heavy atom. The van der Waals surface area contributed by atoms with Gasteiger partial charge in [0.05, 0.1) is 6.54 Å². The van der Waals surface area contributed by atoms with Crippen molar-refractivity contribution in [3.8, 4) is 34.0 Å². The molecule has 0 amide bonds. The number of esters is 1. The lowest BCUT2D eigenvalue weighted by Gasteiger charge is -2.09. The highest BCUT2D eigenvalue weighted by atomic mass is 35.5. The summed E-state index contributed by atoms with van der Waals surface area (Å²) in [6.45, 7) is 2.05. The minimum Gasteiger partial charge on any atom is -0.460 e. The molecule has 0 aliphatic carbocycles. The van der Waals surface area contributed by atoms with Crippen LogP contribution in [-0.2, 0) is 16.1 Å². The third-order valence-electron chi connectivity index (χ3n) is 4.81. The summed E-state index contributed by atoms with van der Waals surface area (Å²) in [5.74, 6) is 0.413. The number of carbonyl (C=O) groups excluding carboxylic acids is 1. The zero-order valence-electron chi connectivity index (χ0n) is 16.9. The Labute approximate surface area is 186 Å². The van der Waals surface area contributed by atoms with Crippen LogP contribution in [0.2, 0.25) is 0 Å². The van der Waals surface area contributed by atoms with Gasteiger partial charge in [0.25, 0.3) is 0 Å². The summed E-state index contributed by atoms with van der Waals surface area (Å²) in [6, 6.07) is 23.7. The van der Waals surface area contributed by atoms with Crippen LogP contribution < -0.4 is 5.73 Å². The second kappa shape index (κ2) is 10.0. The third kappa shape index (κ3) is 4.99. The second-order valence-corrected chi connectivity index (χ2v) is 6.82. The predicted molar refractivity (Wildman–Crippen MR) is 121 cm³/mol. The van der Waals surface area contributed by atoms with Crippen LogP contribution >= 0.6 is 12.4 Å². The van der Waals surface area contributed by atoms with Crippen molar-refractivity contribution in [2.24, 2.45) is 5.73 Å². The topological polar surface area (TPSA) is 91.2 Å². The zero-order chi connectivity index (χ0) is 20.9. The van der Waals surface area contributed by atoms with Gasteiger partial charge in [0.1, 0.15) is 6.61 Å². The van der Waals surface area contributed by atoms with Gasteiger partial charge in [-0.15, -0.1) is 22.6 Å². The Morgan fingerprint density at radius 3 is 2.35 bits per heavy atom. The molecule has 0 saturated heterocycles. The van der Waals surface area contributed by atoms with Gasteiger partial charge in [0, 0.05) is 11.1 Å². The quantitative estimate of drug-likeness (QED) is 0.437. The highest BCUT2D eigenvalue weighted by Crippen LogP contribution is 2.32. The van der Waals surface area contributed by atoms with E-state index in [1.807, 2.05) is 61.5 Å². The molecule has 0 spiro atoms. The van der Waals surface area contributed by atoms with Gasteiger partial charge in [-0.05, 0) is 47.4 Å². The Bertz CT molecular complexity index is 1180. The Hall–Kier alpha value is -3.48. The number of ether oxygens (including phenoxy) is 1. The number of halogens is 1. The molecule has 0 aliphatic heterocycles. The molecule has 0 saturated carbocycles. The third-order valence-corrected chi connectivity index (χ3v) is 4.81. The average Bonchev–Trinajstić information content (AvgIpc) is 3.28. The van der Waals surface area contributed by atoms with Crippen molar-refractivity contribution >= 4 is 18.4 Å². The normalized spacial score (nSPS) is 10.4. The Balaban J connectivity index is 0.00000272. The van der Waals surface area contributed by atoms with E-state index in [4.69, 9.17) is 14.9 Å². The number of aromatic nitrogens is 2.